The molecular formula is C20H16N2O9S. The highest BCUT2D eigenvalue weighted by molar-refractivity contribution is 7.18. The van der Waals surface area contributed by atoms with Crippen LogP contribution in [0.15, 0.2) is 40.8 Å². The molecule has 2 N–H and O–H groups in total. The number of non-ortho nitro benzene ring substituents is 1. The first-order valence-corrected chi connectivity index (χ1v) is 9.68. The second-order valence-corrected chi connectivity index (χ2v) is 7.23. The Morgan fingerprint density at radius 2 is 1.69 bits per heavy atom. The van der Waals surface area contributed by atoms with Gasteiger partial charge in [-0.05, 0) is 24.3 Å². The van der Waals surface area contributed by atoms with Gasteiger partial charge >= 0.3 is 17.9 Å². The van der Waals surface area contributed by atoms with Crippen LogP contribution in [0.4, 0.5) is 10.7 Å². The third kappa shape index (κ3) is 4.44. The molecule has 2 aromatic heterocycles. The molecule has 0 aliphatic rings. The number of furan rings is 1. The lowest BCUT2D eigenvalue weighted by Gasteiger charge is -2.07. The van der Waals surface area contributed by atoms with Crippen LogP contribution in [0.3, 0.4) is 0 Å². The molecule has 0 saturated heterocycles. The van der Waals surface area contributed by atoms with Crippen LogP contribution in [0.25, 0.3) is 11.3 Å². The van der Waals surface area contributed by atoms with Crippen molar-refractivity contribution in [3.63, 3.8) is 0 Å². The zero-order chi connectivity index (χ0) is 23.4. The Labute approximate surface area is 184 Å². The second-order valence-electron chi connectivity index (χ2n) is 6.18. The van der Waals surface area contributed by atoms with Crippen LogP contribution in [0, 0.1) is 10.1 Å². The van der Waals surface area contributed by atoms with E-state index in [1.54, 1.807) is 0 Å². The van der Waals surface area contributed by atoms with Crippen LogP contribution in [-0.4, -0.2) is 37.1 Å². The summed E-state index contributed by atoms with van der Waals surface area (Å²) in [5.41, 5.74) is 6.23. The normalized spacial score (nSPS) is 10.4. The van der Waals surface area contributed by atoms with E-state index in [-0.39, 0.29) is 38.2 Å². The summed E-state index contributed by atoms with van der Waals surface area (Å²) in [7, 11) is 2.31. The van der Waals surface area contributed by atoms with Crippen molar-refractivity contribution < 1.29 is 37.9 Å². The minimum atomic E-state index is -0.866. The number of rotatable bonds is 7. The summed E-state index contributed by atoms with van der Waals surface area (Å²) in [5.74, 6) is -2.27. The fourth-order valence-electron chi connectivity index (χ4n) is 2.76. The van der Waals surface area contributed by atoms with Crippen molar-refractivity contribution in [2.75, 3.05) is 20.0 Å². The number of anilines is 1. The topological polar surface area (TPSA) is 161 Å². The fraction of sp³-hybridized carbons (Fsp3) is 0.150. The van der Waals surface area contributed by atoms with E-state index in [1.165, 1.54) is 36.4 Å². The van der Waals surface area contributed by atoms with Gasteiger partial charge in [-0.2, -0.15) is 0 Å². The van der Waals surface area contributed by atoms with Gasteiger partial charge in [-0.15, -0.1) is 11.3 Å². The highest BCUT2D eigenvalue weighted by Gasteiger charge is 2.28. The molecule has 0 unspecified atom stereocenters. The molecule has 0 radical (unpaired) electrons. The number of nitrogen functional groups attached to an aromatic ring is 1. The van der Waals surface area contributed by atoms with Crippen molar-refractivity contribution in [2.24, 2.45) is 0 Å². The maximum absolute atomic E-state index is 12.4. The van der Waals surface area contributed by atoms with E-state index in [2.05, 4.69) is 9.47 Å². The Bertz CT molecular complexity index is 1190. The summed E-state index contributed by atoms with van der Waals surface area (Å²) >= 11 is 0.809. The summed E-state index contributed by atoms with van der Waals surface area (Å²) in [6.45, 7) is -0.463. The Morgan fingerprint density at radius 3 is 2.28 bits per heavy atom. The smallest absolute Gasteiger partial charge is 0.374 e. The third-order valence-electron chi connectivity index (χ3n) is 4.31. The van der Waals surface area contributed by atoms with Crippen molar-refractivity contribution >= 4 is 39.9 Å². The number of nitrogens with zero attached hydrogens (tertiary/aromatic N) is 1. The predicted molar refractivity (Wildman–Crippen MR) is 111 cm³/mol. The lowest BCUT2D eigenvalue weighted by Crippen LogP contribution is -2.12. The van der Waals surface area contributed by atoms with Crippen LogP contribution in [0.1, 0.15) is 36.1 Å². The number of esters is 3. The van der Waals surface area contributed by atoms with E-state index in [1.807, 2.05) is 0 Å². The molecular weight excluding hydrogens is 444 g/mol. The van der Waals surface area contributed by atoms with Gasteiger partial charge in [0.1, 0.15) is 27.8 Å². The molecule has 0 spiro atoms. The molecule has 0 atom stereocenters. The van der Waals surface area contributed by atoms with Gasteiger partial charge in [-0.3, -0.25) is 10.1 Å². The molecule has 0 aliphatic heterocycles. The molecule has 0 fully saturated rings. The Morgan fingerprint density at radius 1 is 1.03 bits per heavy atom. The molecule has 0 bridgehead atoms. The first-order valence-electron chi connectivity index (χ1n) is 8.86. The molecule has 11 nitrogen and oxygen atoms in total. The Balaban J connectivity index is 1.80. The highest BCUT2D eigenvalue weighted by atomic mass is 32.1. The average molecular weight is 460 g/mol. The summed E-state index contributed by atoms with van der Waals surface area (Å²) in [4.78, 5) is 46.8. The van der Waals surface area contributed by atoms with Gasteiger partial charge in [0.25, 0.3) is 5.69 Å². The molecule has 0 aliphatic carbocycles. The number of ether oxygens (including phenoxy) is 3. The van der Waals surface area contributed by atoms with Crippen molar-refractivity contribution in [3.05, 3.63) is 68.3 Å². The van der Waals surface area contributed by atoms with Crippen molar-refractivity contribution in [2.45, 2.75) is 6.61 Å². The number of hydrogen-bond acceptors (Lipinski definition) is 11. The van der Waals surface area contributed by atoms with Crippen LogP contribution < -0.4 is 5.73 Å². The number of hydrogen-bond donors (Lipinski definition) is 1. The van der Waals surface area contributed by atoms with Gasteiger partial charge in [0.2, 0.25) is 5.76 Å². The third-order valence-corrected chi connectivity index (χ3v) is 5.35. The SMILES string of the molecule is COC(=O)c1sc(N)c(C(=O)OC)c1COC(=O)c1ccc(-c2ccc([N+](=O)[O-])cc2)o1. The minimum absolute atomic E-state index is 0.00390. The molecule has 3 aromatic rings. The lowest BCUT2D eigenvalue weighted by molar-refractivity contribution is -0.384. The monoisotopic (exact) mass is 460 g/mol. The summed E-state index contributed by atoms with van der Waals surface area (Å²) in [6, 6.07) is 8.43. The predicted octanol–water partition coefficient (Wildman–Crippen LogP) is 3.43. The van der Waals surface area contributed by atoms with Gasteiger partial charge in [0, 0.05) is 23.3 Å². The summed E-state index contributed by atoms with van der Waals surface area (Å²) < 4.78 is 20.1. The Kier molecular flexibility index (Phi) is 6.54. The molecule has 3 rings (SSSR count). The molecule has 0 saturated carbocycles. The van der Waals surface area contributed by atoms with Crippen LogP contribution in [0.2, 0.25) is 0 Å². The lowest BCUT2D eigenvalue weighted by atomic mass is 10.1. The molecule has 32 heavy (non-hydrogen) atoms. The number of benzene rings is 1. The maximum Gasteiger partial charge on any atom is 0.374 e. The van der Waals surface area contributed by atoms with Crippen molar-refractivity contribution in [1.82, 2.24) is 0 Å². The standard InChI is InChI=1S/C20H16N2O9S/c1-28-19(24)15-12(16(20(25)29-2)32-17(15)21)9-30-18(23)14-8-7-13(31-14)10-3-5-11(6-4-10)22(26)27/h3-8H,9,21H2,1-2H3. The average Bonchev–Trinajstić information content (AvgIpc) is 3.41. The summed E-state index contributed by atoms with van der Waals surface area (Å²) in [6.07, 6.45) is 0. The number of nitro groups is 1. The van der Waals surface area contributed by atoms with Crippen LogP contribution in [0.5, 0.6) is 0 Å². The van der Waals surface area contributed by atoms with Gasteiger partial charge < -0.3 is 24.4 Å². The number of nitro benzene ring substituents is 1. The molecule has 0 amide bonds. The first-order chi connectivity index (χ1) is 15.3. The quantitative estimate of drug-likeness (QED) is 0.239. The summed E-state index contributed by atoms with van der Waals surface area (Å²) in [5, 5.41) is 10.8. The number of thiophene rings is 1. The molecule has 12 heteroatoms. The second kappa shape index (κ2) is 9.31. The van der Waals surface area contributed by atoms with E-state index >= 15 is 0 Å². The largest absolute Gasteiger partial charge is 0.465 e. The molecule has 166 valence electrons. The van der Waals surface area contributed by atoms with E-state index in [4.69, 9.17) is 14.9 Å². The van der Waals surface area contributed by atoms with E-state index in [0.717, 1.165) is 25.6 Å². The van der Waals surface area contributed by atoms with Gasteiger partial charge in [0.15, 0.2) is 0 Å². The van der Waals surface area contributed by atoms with Gasteiger partial charge in [0.05, 0.1) is 19.1 Å². The zero-order valence-corrected chi connectivity index (χ0v) is 17.6. The zero-order valence-electron chi connectivity index (χ0n) is 16.8. The van der Waals surface area contributed by atoms with Crippen molar-refractivity contribution in [3.8, 4) is 11.3 Å². The number of carbonyl (C=O) groups is 3. The number of nitrogens with two attached hydrogens (primary N) is 1. The van der Waals surface area contributed by atoms with E-state index in [9.17, 15) is 24.5 Å². The van der Waals surface area contributed by atoms with E-state index < -0.39 is 29.4 Å². The van der Waals surface area contributed by atoms with E-state index in [0.29, 0.717) is 5.56 Å². The van der Waals surface area contributed by atoms with Crippen LogP contribution in [-0.2, 0) is 20.8 Å². The molecule has 2 heterocycles. The highest BCUT2D eigenvalue weighted by Crippen LogP contribution is 2.33. The number of methoxy groups -OCH3 is 2. The number of carbonyl (C=O) groups excluding carboxylic acids is 3. The van der Waals surface area contributed by atoms with Gasteiger partial charge in [-0.25, -0.2) is 14.4 Å². The minimum Gasteiger partial charge on any atom is -0.465 e. The first kappa shape index (κ1) is 22.5. The maximum atomic E-state index is 12.4. The molecule has 1 aromatic carbocycles. The Hall–Kier alpha value is -4.19. The van der Waals surface area contributed by atoms with Crippen LogP contribution >= 0.6 is 11.3 Å². The fourth-order valence-corrected chi connectivity index (χ4v) is 3.74. The van der Waals surface area contributed by atoms with Crippen molar-refractivity contribution in [1.29, 1.82) is 0 Å². The van der Waals surface area contributed by atoms with Gasteiger partial charge in [-0.1, -0.05) is 0 Å².